The standard InChI is InChI=1S/C19H31NO2/c1-2-3-4-5-6-7-8-9-10-11-12-13-14-15-16-17-18-19-20(21)22/h6-7,9-10,12-13,15-16H,2-5,8,11,14,17-19H2,1H3/b7-6-,10-9-,13-12-,16-15-. The Morgan fingerprint density at radius 3 is 1.64 bits per heavy atom. The van der Waals surface area contributed by atoms with Crippen LogP contribution in [0.3, 0.4) is 0 Å². The average molecular weight is 305 g/mol. The molecule has 0 heterocycles. The fraction of sp³-hybridized carbons (Fsp3) is 0.579. The maximum absolute atomic E-state index is 10.1. The van der Waals surface area contributed by atoms with Crippen molar-refractivity contribution in [3.8, 4) is 0 Å². The summed E-state index contributed by atoms with van der Waals surface area (Å²) in [7, 11) is 0. The first-order chi connectivity index (χ1) is 10.8. The second-order valence-corrected chi connectivity index (χ2v) is 5.29. The first-order valence-electron chi connectivity index (χ1n) is 8.49. The molecule has 0 aliphatic carbocycles. The molecule has 0 amide bonds. The molecule has 0 aromatic rings. The van der Waals surface area contributed by atoms with E-state index in [0.29, 0.717) is 6.42 Å². The van der Waals surface area contributed by atoms with Crippen molar-refractivity contribution in [2.45, 2.75) is 64.7 Å². The molecule has 0 aromatic heterocycles. The smallest absolute Gasteiger partial charge is 0.204 e. The molecular formula is C19H31NO2. The molecule has 0 aliphatic rings. The van der Waals surface area contributed by atoms with Gasteiger partial charge in [-0.15, -0.1) is 0 Å². The number of hydrogen-bond donors (Lipinski definition) is 0. The second kappa shape index (κ2) is 17.4. The van der Waals surface area contributed by atoms with E-state index in [-0.39, 0.29) is 11.5 Å². The molecule has 3 nitrogen and oxygen atoms in total. The van der Waals surface area contributed by atoms with Gasteiger partial charge in [0.2, 0.25) is 6.54 Å². The summed E-state index contributed by atoms with van der Waals surface area (Å²) in [6.45, 7) is 2.30. The second-order valence-electron chi connectivity index (χ2n) is 5.29. The molecule has 0 aromatic carbocycles. The van der Waals surface area contributed by atoms with E-state index in [1.165, 1.54) is 25.7 Å². The number of nitrogens with zero attached hydrogens (tertiary/aromatic N) is 1. The number of hydrogen-bond acceptors (Lipinski definition) is 2. The van der Waals surface area contributed by atoms with Gasteiger partial charge in [0.1, 0.15) is 0 Å². The van der Waals surface area contributed by atoms with Crippen LogP contribution in [-0.4, -0.2) is 11.5 Å². The van der Waals surface area contributed by atoms with Crippen LogP contribution in [0.15, 0.2) is 48.6 Å². The minimum atomic E-state index is -0.263. The van der Waals surface area contributed by atoms with Crippen molar-refractivity contribution in [2.24, 2.45) is 0 Å². The van der Waals surface area contributed by atoms with Gasteiger partial charge < -0.3 is 0 Å². The quantitative estimate of drug-likeness (QED) is 0.170. The summed E-state index contributed by atoms with van der Waals surface area (Å²) in [5.74, 6) is 0. The predicted molar refractivity (Wildman–Crippen MR) is 95.6 cm³/mol. The van der Waals surface area contributed by atoms with Gasteiger partial charge in [-0.05, 0) is 38.5 Å². The fourth-order valence-corrected chi connectivity index (χ4v) is 1.90. The van der Waals surface area contributed by atoms with E-state index < -0.39 is 0 Å². The topological polar surface area (TPSA) is 43.1 Å². The molecule has 0 N–H and O–H groups in total. The van der Waals surface area contributed by atoms with Crippen LogP contribution in [0.25, 0.3) is 0 Å². The highest BCUT2D eigenvalue weighted by atomic mass is 16.6. The van der Waals surface area contributed by atoms with Gasteiger partial charge in [0, 0.05) is 11.3 Å². The molecule has 0 atom stereocenters. The van der Waals surface area contributed by atoms with Crippen molar-refractivity contribution < 1.29 is 4.92 Å². The lowest BCUT2D eigenvalue weighted by molar-refractivity contribution is -0.480. The largest absolute Gasteiger partial charge is 0.265 e. The van der Waals surface area contributed by atoms with E-state index in [1.807, 2.05) is 6.08 Å². The molecule has 0 rings (SSSR count). The van der Waals surface area contributed by atoms with Crippen molar-refractivity contribution in [3.05, 3.63) is 58.7 Å². The van der Waals surface area contributed by atoms with Crippen LogP contribution in [0.5, 0.6) is 0 Å². The van der Waals surface area contributed by atoms with Gasteiger partial charge in [-0.2, -0.15) is 0 Å². The third kappa shape index (κ3) is 18.4. The first-order valence-corrected chi connectivity index (χ1v) is 8.49. The van der Waals surface area contributed by atoms with Gasteiger partial charge in [-0.1, -0.05) is 68.4 Å². The molecule has 22 heavy (non-hydrogen) atoms. The molecule has 0 unspecified atom stereocenters. The predicted octanol–water partition coefficient (Wildman–Crippen LogP) is 6.02. The minimum Gasteiger partial charge on any atom is -0.265 e. The fourth-order valence-electron chi connectivity index (χ4n) is 1.90. The molecular weight excluding hydrogens is 274 g/mol. The van der Waals surface area contributed by atoms with Crippen molar-refractivity contribution >= 4 is 0 Å². The lowest BCUT2D eigenvalue weighted by Gasteiger charge is -1.90. The monoisotopic (exact) mass is 305 g/mol. The molecule has 124 valence electrons. The zero-order chi connectivity index (χ0) is 16.3. The third-order valence-corrected chi connectivity index (χ3v) is 3.17. The van der Waals surface area contributed by atoms with Gasteiger partial charge in [0.15, 0.2) is 0 Å². The highest BCUT2D eigenvalue weighted by Gasteiger charge is 1.92. The van der Waals surface area contributed by atoms with E-state index in [1.54, 1.807) is 0 Å². The third-order valence-electron chi connectivity index (χ3n) is 3.17. The maximum atomic E-state index is 10.1. The summed E-state index contributed by atoms with van der Waals surface area (Å²) in [5.41, 5.74) is 0. The Morgan fingerprint density at radius 2 is 1.18 bits per heavy atom. The zero-order valence-electron chi connectivity index (χ0n) is 14.0. The summed E-state index contributed by atoms with van der Waals surface area (Å²) in [6, 6.07) is 0. The Hall–Kier alpha value is -1.64. The summed E-state index contributed by atoms with van der Waals surface area (Å²) < 4.78 is 0. The molecule has 3 heteroatoms. The van der Waals surface area contributed by atoms with Crippen LogP contribution in [0.4, 0.5) is 0 Å². The molecule has 0 aliphatic heterocycles. The number of unbranched alkanes of at least 4 members (excludes halogenated alkanes) is 4. The van der Waals surface area contributed by atoms with Crippen LogP contribution >= 0.6 is 0 Å². The highest BCUT2D eigenvalue weighted by molar-refractivity contribution is 4.99. The van der Waals surface area contributed by atoms with Gasteiger partial charge >= 0.3 is 0 Å². The molecule has 0 fully saturated rings. The van der Waals surface area contributed by atoms with Gasteiger partial charge in [-0.25, -0.2) is 0 Å². The van der Waals surface area contributed by atoms with Crippen molar-refractivity contribution in [1.82, 2.24) is 0 Å². The van der Waals surface area contributed by atoms with E-state index in [9.17, 15) is 10.1 Å². The average Bonchev–Trinajstić information content (AvgIpc) is 2.50. The van der Waals surface area contributed by atoms with E-state index in [4.69, 9.17) is 0 Å². The van der Waals surface area contributed by atoms with Gasteiger partial charge in [-0.3, -0.25) is 10.1 Å². The Kier molecular flexibility index (Phi) is 16.1. The Morgan fingerprint density at radius 1 is 0.727 bits per heavy atom. The van der Waals surface area contributed by atoms with Gasteiger partial charge in [0.05, 0.1) is 0 Å². The van der Waals surface area contributed by atoms with E-state index >= 15 is 0 Å². The van der Waals surface area contributed by atoms with Gasteiger partial charge in [0.25, 0.3) is 0 Å². The van der Waals surface area contributed by atoms with Crippen LogP contribution in [0, 0.1) is 10.1 Å². The van der Waals surface area contributed by atoms with Crippen LogP contribution in [0.1, 0.15) is 64.7 Å². The van der Waals surface area contributed by atoms with E-state index in [2.05, 4.69) is 49.5 Å². The summed E-state index contributed by atoms with van der Waals surface area (Å²) in [5, 5.41) is 10.1. The van der Waals surface area contributed by atoms with Crippen molar-refractivity contribution in [3.63, 3.8) is 0 Å². The summed E-state index contributed by atoms with van der Waals surface area (Å²) in [6.07, 6.45) is 26.7. The molecule has 0 saturated carbocycles. The normalized spacial score (nSPS) is 12.4. The van der Waals surface area contributed by atoms with E-state index in [0.717, 1.165) is 25.7 Å². The maximum Gasteiger partial charge on any atom is 0.204 e. The van der Waals surface area contributed by atoms with Crippen LogP contribution < -0.4 is 0 Å². The summed E-state index contributed by atoms with van der Waals surface area (Å²) in [4.78, 5) is 9.86. The Bertz CT molecular complexity index is 368. The molecule has 0 spiro atoms. The molecule has 0 bridgehead atoms. The molecule has 0 saturated heterocycles. The first kappa shape index (κ1) is 20.4. The van der Waals surface area contributed by atoms with Crippen LogP contribution in [-0.2, 0) is 0 Å². The SMILES string of the molecule is CCCCC/C=C\C/C=C\C/C=C\C/C=C\CCC[N+](=O)[O-]. The number of nitro groups is 1. The number of allylic oxidation sites excluding steroid dienone is 8. The number of rotatable bonds is 14. The highest BCUT2D eigenvalue weighted by Crippen LogP contribution is 2.01. The molecule has 0 radical (unpaired) electrons. The Balaban J connectivity index is 3.40. The van der Waals surface area contributed by atoms with Crippen LogP contribution in [0.2, 0.25) is 0 Å². The minimum absolute atomic E-state index is 0.0675. The lowest BCUT2D eigenvalue weighted by Crippen LogP contribution is -1.98. The zero-order valence-corrected chi connectivity index (χ0v) is 14.0. The van der Waals surface area contributed by atoms with Crippen molar-refractivity contribution in [2.75, 3.05) is 6.54 Å². The lowest BCUT2D eigenvalue weighted by atomic mass is 10.2. The summed E-state index contributed by atoms with van der Waals surface area (Å²) >= 11 is 0. The Labute approximate surface area is 135 Å². The van der Waals surface area contributed by atoms with Crippen molar-refractivity contribution in [1.29, 1.82) is 0 Å².